The lowest BCUT2D eigenvalue weighted by molar-refractivity contribution is 0.0786. The van der Waals surface area contributed by atoms with E-state index in [0.29, 0.717) is 41.8 Å². The molecule has 4 nitrogen and oxygen atoms in total. The van der Waals surface area contributed by atoms with Gasteiger partial charge in [-0.1, -0.05) is 31.0 Å². The Hall–Kier alpha value is -1.72. The van der Waals surface area contributed by atoms with E-state index in [-0.39, 0.29) is 5.91 Å². The number of nitrogens with zero attached hydrogens (tertiary/aromatic N) is 1. The zero-order valence-electron chi connectivity index (χ0n) is 14.9. The van der Waals surface area contributed by atoms with Gasteiger partial charge in [0.15, 0.2) is 11.5 Å². The molecule has 0 fully saturated rings. The molecule has 0 atom stereocenters. The number of thiophene rings is 1. The Morgan fingerprint density at radius 1 is 1.28 bits per heavy atom. The number of hydrogen-bond donors (Lipinski definition) is 0. The average Bonchev–Trinajstić information content (AvgIpc) is 3.09. The first-order valence-corrected chi connectivity index (χ1v) is 9.69. The van der Waals surface area contributed by atoms with E-state index in [2.05, 4.69) is 6.92 Å². The van der Waals surface area contributed by atoms with Crippen LogP contribution in [-0.4, -0.2) is 31.1 Å². The smallest absolute Gasteiger partial charge is 0.254 e. The molecule has 1 heterocycles. The molecule has 0 spiro atoms. The number of carbonyl (C=O) groups excluding carboxylic acids is 1. The molecule has 1 amide bonds. The van der Waals surface area contributed by atoms with Gasteiger partial charge in [0.05, 0.1) is 24.8 Å². The van der Waals surface area contributed by atoms with Crippen LogP contribution in [0.15, 0.2) is 29.6 Å². The van der Waals surface area contributed by atoms with Crippen LogP contribution >= 0.6 is 22.9 Å². The Balaban J connectivity index is 2.20. The molecule has 0 aliphatic rings. The molecule has 0 saturated heterocycles. The zero-order chi connectivity index (χ0) is 18.2. The van der Waals surface area contributed by atoms with Crippen molar-refractivity contribution in [3.8, 4) is 11.5 Å². The van der Waals surface area contributed by atoms with Gasteiger partial charge in [0, 0.05) is 17.5 Å². The monoisotopic (exact) mass is 381 g/mol. The van der Waals surface area contributed by atoms with Gasteiger partial charge in [0.25, 0.3) is 5.91 Å². The maximum Gasteiger partial charge on any atom is 0.254 e. The van der Waals surface area contributed by atoms with Crippen molar-refractivity contribution in [2.45, 2.75) is 33.2 Å². The van der Waals surface area contributed by atoms with Crippen molar-refractivity contribution in [1.29, 1.82) is 0 Å². The van der Waals surface area contributed by atoms with E-state index in [0.717, 1.165) is 17.7 Å². The van der Waals surface area contributed by atoms with Gasteiger partial charge in [0.1, 0.15) is 0 Å². The molecule has 2 rings (SSSR count). The standard InChI is InChI=1S/C19H24ClNO3S/c1-4-6-9-24-18-16(20)11-14(12-17(18)23-5-2)19(22)21(3)13-15-8-7-10-25-15/h7-8,10-12H,4-6,9,13H2,1-3H3. The van der Waals surface area contributed by atoms with Crippen molar-refractivity contribution in [2.75, 3.05) is 20.3 Å². The number of hydrogen-bond acceptors (Lipinski definition) is 4. The normalized spacial score (nSPS) is 10.6. The van der Waals surface area contributed by atoms with Crippen LogP contribution in [0.25, 0.3) is 0 Å². The quantitative estimate of drug-likeness (QED) is 0.557. The van der Waals surface area contributed by atoms with Crippen molar-refractivity contribution in [3.63, 3.8) is 0 Å². The van der Waals surface area contributed by atoms with Crippen molar-refractivity contribution in [3.05, 3.63) is 45.1 Å². The molecule has 1 aromatic heterocycles. The van der Waals surface area contributed by atoms with Crippen LogP contribution in [0.4, 0.5) is 0 Å². The maximum absolute atomic E-state index is 12.7. The predicted octanol–water partition coefficient (Wildman–Crippen LogP) is 5.25. The van der Waals surface area contributed by atoms with Crippen LogP contribution in [0.2, 0.25) is 5.02 Å². The summed E-state index contributed by atoms with van der Waals surface area (Å²) in [6, 6.07) is 7.35. The zero-order valence-corrected chi connectivity index (χ0v) is 16.5. The van der Waals surface area contributed by atoms with Crippen molar-refractivity contribution >= 4 is 28.8 Å². The number of ether oxygens (including phenoxy) is 2. The summed E-state index contributed by atoms with van der Waals surface area (Å²) in [6.07, 6.45) is 1.97. The molecule has 6 heteroatoms. The Labute approximate surface area is 158 Å². The third kappa shape index (κ3) is 5.38. The van der Waals surface area contributed by atoms with Crippen LogP contribution in [0, 0.1) is 0 Å². The minimum atomic E-state index is -0.101. The first kappa shape index (κ1) is 19.6. The van der Waals surface area contributed by atoms with Crippen LogP contribution < -0.4 is 9.47 Å². The highest BCUT2D eigenvalue weighted by molar-refractivity contribution is 7.09. The lowest BCUT2D eigenvalue weighted by Gasteiger charge is -2.19. The van der Waals surface area contributed by atoms with E-state index in [1.807, 2.05) is 24.4 Å². The summed E-state index contributed by atoms with van der Waals surface area (Å²) in [5.74, 6) is 0.921. The summed E-state index contributed by atoms with van der Waals surface area (Å²) in [5, 5.41) is 2.40. The molecule has 0 N–H and O–H groups in total. The van der Waals surface area contributed by atoms with Gasteiger partial charge in [-0.15, -0.1) is 11.3 Å². The first-order chi connectivity index (χ1) is 12.1. The van der Waals surface area contributed by atoms with E-state index in [9.17, 15) is 4.79 Å². The number of unbranched alkanes of at least 4 members (excludes halogenated alkanes) is 1. The first-order valence-electron chi connectivity index (χ1n) is 8.43. The highest BCUT2D eigenvalue weighted by Gasteiger charge is 2.19. The third-order valence-electron chi connectivity index (χ3n) is 3.62. The van der Waals surface area contributed by atoms with Crippen molar-refractivity contribution < 1.29 is 14.3 Å². The molecule has 136 valence electrons. The second-order valence-electron chi connectivity index (χ2n) is 5.66. The van der Waals surface area contributed by atoms with Gasteiger partial charge < -0.3 is 14.4 Å². The summed E-state index contributed by atoms with van der Waals surface area (Å²) in [4.78, 5) is 15.5. The number of benzene rings is 1. The number of rotatable bonds is 9. The SMILES string of the molecule is CCCCOc1c(Cl)cc(C(=O)N(C)Cc2cccs2)cc1OCC. The molecule has 0 aliphatic heterocycles. The van der Waals surface area contributed by atoms with E-state index >= 15 is 0 Å². The fourth-order valence-corrected chi connectivity index (χ4v) is 3.36. The summed E-state index contributed by atoms with van der Waals surface area (Å²) in [6.45, 7) is 5.60. The minimum Gasteiger partial charge on any atom is -0.490 e. The summed E-state index contributed by atoms with van der Waals surface area (Å²) in [5.41, 5.74) is 0.496. The molecule has 0 bridgehead atoms. The molecule has 2 aromatic rings. The minimum absolute atomic E-state index is 0.101. The summed E-state index contributed by atoms with van der Waals surface area (Å²) in [7, 11) is 1.78. The lowest BCUT2D eigenvalue weighted by atomic mass is 10.1. The van der Waals surface area contributed by atoms with Crippen molar-refractivity contribution in [1.82, 2.24) is 4.90 Å². The molecule has 0 radical (unpaired) electrons. The van der Waals surface area contributed by atoms with Gasteiger partial charge in [-0.3, -0.25) is 4.79 Å². The largest absolute Gasteiger partial charge is 0.490 e. The Morgan fingerprint density at radius 2 is 2.08 bits per heavy atom. The van der Waals surface area contributed by atoms with Gasteiger partial charge in [-0.2, -0.15) is 0 Å². The highest BCUT2D eigenvalue weighted by atomic mass is 35.5. The van der Waals surface area contributed by atoms with Crippen LogP contribution in [0.5, 0.6) is 11.5 Å². The second-order valence-corrected chi connectivity index (χ2v) is 7.10. The highest BCUT2D eigenvalue weighted by Crippen LogP contribution is 2.37. The van der Waals surface area contributed by atoms with Gasteiger partial charge in [-0.05, 0) is 36.9 Å². The number of carbonyl (C=O) groups is 1. The summed E-state index contributed by atoms with van der Waals surface area (Å²) >= 11 is 7.99. The molecular formula is C19H24ClNO3S. The second kappa shape index (κ2) is 9.68. The fourth-order valence-electron chi connectivity index (χ4n) is 2.34. The van der Waals surface area contributed by atoms with Crippen LogP contribution in [-0.2, 0) is 6.54 Å². The number of halogens is 1. The molecular weight excluding hydrogens is 358 g/mol. The molecule has 25 heavy (non-hydrogen) atoms. The van der Waals surface area contributed by atoms with Gasteiger partial charge >= 0.3 is 0 Å². The van der Waals surface area contributed by atoms with Crippen molar-refractivity contribution in [2.24, 2.45) is 0 Å². The van der Waals surface area contributed by atoms with Gasteiger partial charge in [-0.25, -0.2) is 0 Å². The van der Waals surface area contributed by atoms with E-state index < -0.39 is 0 Å². The Morgan fingerprint density at radius 3 is 2.72 bits per heavy atom. The Kier molecular flexibility index (Phi) is 7.59. The predicted molar refractivity (Wildman–Crippen MR) is 103 cm³/mol. The Bertz CT molecular complexity index is 688. The van der Waals surface area contributed by atoms with E-state index in [4.69, 9.17) is 21.1 Å². The maximum atomic E-state index is 12.7. The average molecular weight is 382 g/mol. The third-order valence-corrected chi connectivity index (χ3v) is 4.76. The molecule has 0 unspecified atom stereocenters. The topological polar surface area (TPSA) is 38.8 Å². The summed E-state index contributed by atoms with van der Waals surface area (Å²) < 4.78 is 11.4. The molecule has 0 saturated carbocycles. The fraction of sp³-hybridized carbons (Fsp3) is 0.421. The van der Waals surface area contributed by atoms with Crippen LogP contribution in [0.3, 0.4) is 0 Å². The van der Waals surface area contributed by atoms with E-state index in [1.54, 1.807) is 35.4 Å². The lowest BCUT2D eigenvalue weighted by Crippen LogP contribution is -2.25. The van der Waals surface area contributed by atoms with Crippen LogP contribution in [0.1, 0.15) is 41.9 Å². The molecule has 0 aliphatic carbocycles. The van der Waals surface area contributed by atoms with E-state index in [1.165, 1.54) is 0 Å². The number of amides is 1. The van der Waals surface area contributed by atoms with Gasteiger partial charge in [0.2, 0.25) is 0 Å². The molecule has 1 aromatic carbocycles.